The molecule has 2 heterocycles. The maximum absolute atomic E-state index is 10.7. The van der Waals surface area contributed by atoms with Gasteiger partial charge >= 0.3 is 5.97 Å². The van der Waals surface area contributed by atoms with Gasteiger partial charge in [-0.1, -0.05) is 44.9 Å². The smallest absolute Gasteiger partial charge is 0.302 e. The van der Waals surface area contributed by atoms with E-state index in [0.717, 1.165) is 13.0 Å². The van der Waals surface area contributed by atoms with Gasteiger partial charge in [-0.15, -0.1) is 0 Å². The minimum absolute atomic E-state index is 0.160. The molecule has 0 bridgehead atoms. The lowest BCUT2D eigenvalue weighted by Crippen LogP contribution is -2.34. The summed E-state index contributed by atoms with van der Waals surface area (Å²) in [6, 6.07) is 5.13. The topological polar surface area (TPSA) is 33.4 Å². The molecule has 0 saturated carbocycles. The Balaban J connectivity index is 1.44. The summed E-state index contributed by atoms with van der Waals surface area (Å²) >= 11 is 0. The Hall–Kier alpha value is -1.42. The van der Waals surface area contributed by atoms with E-state index in [1.807, 2.05) is 0 Å². The summed E-state index contributed by atoms with van der Waals surface area (Å²) in [6.45, 7) is 4.44. The Kier molecular flexibility index (Phi) is 11.2. The number of nitrogens with zero attached hydrogens (tertiary/aromatic N) is 2. The van der Waals surface area contributed by atoms with Crippen LogP contribution in [0.2, 0.25) is 0 Å². The molecule has 0 amide bonds. The average Bonchev–Trinajstić information content (AvgIpc) is 3.11. The summed E-state index contributed by atoms with van der Waals surface area (Å²) in [4.78, 5) is 13.1. The third-order valence-electron chi connectivity index (χ3n) is 5.90. The first-order chi connectivity index (χ1) is 13.7. The van der Waals surface area contributed by atoms with E-state index in [4.69, 9.17) is 4.74 Å². The lowest BCUT2D eigenvalue weighted by atomic mass is 10.1. The molecule has 0 radical (unpaired) electrons. The largest absolute Gasteiger partial charge is 0.466 e. The number of carbonyl (C=O) groups excluding carboxylic acids is 1. The number of unbranched alkanes of at least 4 members (excludes halogenated alkanes) is 9. The number of hydrogen-bond donors (Lipinski definition) is 0. The SMILES string of the molecule is CC(=O)OCCCCCCCCCCCC[n+]1cccc(C2CCCN2C)c1. The van der Waals surface area contributed by atoms with Crippen molar-refractivity contribution in [1.29, 1.82) is 0 Å². The van der Waals surface area contributed by atoms with Gasteiger partial charge in [0.1, 0.15) is 6.54 Å². The van der Waals surface area contributed by atoms with E-state index >= 15 is 0 Å². The number of likely N-dealkylation sites (tertiary alicyclic amines) is 1. The van der Waals surface area contributed by atoms with Crippen molar-refractivity contribution in [3.05, 3.63) is 30.1 Å². The van der Waals surface area contributed by atoms with E-state index in [0.29, 0.717) is 12.6 Å². The van der Waals surface area contributed by atoms with Gasteiger partial charge in [-0.2, -0.15) is 0 Å². The molecule has 1 fully saturated rings. The molecular weight excluding hydrogens is 348 g/mol. The number of ether oxygens (including phenoxy) is 1. The summed E-state index contributed by atoms with van der Waals surface area (Å²) in [7, 11) is 2.25. The summed E-state index contributed by atoms with van der Waals surface area (Å²) in [5.41, 5.74) is 1.48. The zero-order valence-electron chi connectivity index (χ0n) is 18.2. The maximum Gasteiger partial charge on any atom is 0.302 e. The van der Waals surface area contributed by atoms with Crippen LogP contribution in [-0.4, -0.2) is 31.1 Å². The van der Waals surface area contributed by atoms with Crippen LogP contribution in [0.25, 0.3) is 0 Å². The zero-order valence-corrected chi connectivity index (χ0v) is 18.2. The molecule has 4 heteroatoms. The Bertz CT molecular complexity index is 561. The number of esters is 1. The van der Waals surface area contributed by atoms with Gasteiger partial charge in [0.05, 0.1) is 6.61 Å². The van der Waals surface area contributed by atoms with E-state index in [1.54, 1.807) is 0 Å². The Morgan fingerprint density at radius 2 is 1.71 bits per heavy atom. The van der Waals surface area contributed by atoms with E-state index in [1.165, 1.54) is 89.7 Å². The molecule has 1 aliphatic rings. The predicted octanol–water partition coefficient (Wildman–Crippen LogP) is 5.20. The van der Waals surface area contributed by atoms with Crippen molar-refractivity contribution in [1.82, 2.24) is 4.90 Å². The Morgan fingerprint density at radius 3 is 2.32 bits per heavy atom. The van der Waals surface area contributed by atoms with Crippen molar-refractivity contribution in [3.8, 4) is 0 Å². The number of carbonyl (C=O) groups is 1. The minimum Gasteiger partial charge on any atom is -0.466 e. The van der Waals surface area contributed by atoms with Gasteiger partial charge in [0.15, 0.2) is 12.4 Å². The molecule has 1 aromatic heterocycles. The fourth-order valence-corrected chi connectivity index (χ4v) is 4.24. The minimum atomic E-state index is -0.160. The number of pyridine rings is 1. The van der Waals surface area contributed by atoms with Gasteiger partial charge in [-0.05, 0) is 45.3 Å². The number of rotatable bonds is 14. The first-order valence-corrected chi connectivity index (χ1v) is 11.5. The third kappa shape index (κ3) is 9.18. The van der Waals surface area contributed by atoms with E-state index in [-0.39, 0.29) is 5.97 Å². The third-order valence-corrected chi connectivity index (χ3v) is 5.90. The predicted molar refractivity (Wildman–Crippen MR) is 114 cm³/mol. The molecule has 1 unspecified atom stereocenters. The normalized spacial score (nSPS) is 17.1. The Morgan fingerprint density at radius 1 is 1.07 bits per heavy atom. The van der Waals surface area contributed by atoms with Gasteiger partial charge in [-0.3, -0.25) is 9.69 Å². The first-order valence-electron chi connectivity index (χ1n) is 11.5. The molecule has 0 aliphatic carbocycles. The second-order valence-corrected chi connectivity index (χ2v) is 8.39. The standard InChI is InChI=1S/C24H41N2O2/c1-22(27)28-20-12-10-8-6-4-3-5-7-9-11-18-26-19-13-15-23(21-26)24-16-14-17-25(24)2/h13,15,19,21,24H,3-12,14,16-18,20H2,1-2H3/q+1. The molecule has 2 rings (SSSR count). The molecule has 1 atom stereocenters. The van der Waals surface area contributed by atoms with Crippen LogP contribution in [0.5, 0.6) is 0 Å². The highest BCUT2D eigenvalue weighted by molar-refractivity contribution is 5.65. The fraction of sp³-hybridized carbons (Fsp3) is 0.750. The lowest BCUT2D eigenvalue weighted by molar-refractivity contribution is -0.697. The van der Waals surface area contributed by atoms with Crippen LogP contribution < -0.4 is 4.57 Å². The highest BCUT2D eigenvalue weighted by Crippen LogP contribution is 2.29. The van der Waals surface area contributed by atoms with Crippen molar-refractivity contribution in [2.75, 3.05) is 20.2 Å². The second-order valence-electron chi connectivity index (χ2n) is 8.39. The van der Waals surface area contributed by atoms with Crippen molar-refractivity contribution in [2.45, 2.75) is 96.6 Å². The van der Waals surface area contributed by atoms with Crippen LogP contribution in [-0.2, 0) is 16.1 Å². The summed E-state index contributed by atoms with van der Waals surface area (Å²) in [5.74, 6) is -0.160. The highest BCUT2D eigenvalue weighted by Gasteiger charge is 2.24. The van der Waals surface area contributed by atoms with Crippen molar-refractivity contribution >= 4 is 5.97 Å². The molecule has 1 aliphatic heterocycles. The summed E-state index contributed by atoms with van der Waals surface area (Å²) < 4.78 is 7.34. The number of aromatic nitrogens is 1. The molecule has 0 N–H and O–H groups in total. The van der Waals surface area contributed by atoms with E-state index in [2.05, 4.69) is 41.0 Å². The average molecular weight is 390 g/mol. The van der Waals surface area contributed by atoms with Gasteiger partial charge in [0.2, 0.25) is 0 Å². The molecule has 158 valence electrons. The van der Waals surface area contributed by atoms with Gasteiger partial charge in [-0.25, -0.2) is 4.57 Å². The van der Waals surface area contributed by atoms with Crippen LogP contribution in [0.3, 0.4) is 0 Å². The first kappa shape index (κ1) is 22.9. The van der Waals surface area contributed by atoms with Gasteiger partial charge in [0, 0.05) is 31.0 Å². The number of hydrogen-bond acceptors (Lipinski definition) is 3. The van der Waals surface area contributed by atoms with Crippen LogP contribution in [0.4, 0.5) is 0 Å². The summed E-state index contributed by atoms with van der Waals surface area (Å²) in [5, 5.41) is 0. The molecule has 28 heavy (non-hydrogen) atoms. The van der Waals surface area contributed by atoms with Crippen LogP contribution in [0.15, 0.2) is 24.5 Å². The fourth-order valence-electron chi connectivity index (χ4n) is 4.24. The molecule has 0 spiro atoms. The molecular formula is C24H41N2O2+. The summed E-state index contributed by atoms with van der Waals surface area (Å²) in [6.07, 6.45) is 20.0. The van der Waals surface area contributed by atoms with Gasteiger partial charge in [0.25, 0.3) is 0 Å². The Labute approximate surface area is 172 Å². The quantitative estimate of drug-likeness (QED) is 0.249. The molecule has 1 aromatic rings. The van der Waals surface area contributed by atoms with Crippen molar-refractivity contribution in [2.24, 2.45) is 0 Å². The van der Waals surface area contributed by atoms with Crippen LogP contribution in [0, 0.1) is 0 Å². The maximum atomic E-state index is 10.7. The zero-order chi connectivity index (χ0) is 20.0. The monoisotopic (exact) mass is 389 g/mol. The van der Waals surface area contributed by atoms with E-state index in [9.17, 15) is 4.79 Å². The van der Waals surface area contributed by atoms with Gasteiger partial charge < -0.3 is 4.74 Å². The number of aryl methyl sites for hydroxylation is 1. The lowest BCUT2D eigenvalue weighted by Gasteiger charge is -2.18. The van der Waals surface area contributed by atoms with Crippen LogP contribution >= 0.6 is 0 Å². The van der Waals surface area contributed by atoms with Crippen LogP contribution in [0.1, 0.15) is 95.6 Å². The molecule has 1 saturated heterocycles. The van der Waals surface area contributed by atoms with Crippen molar-refractivity contribution in [3.63, 3.8) is 0 Å². The van der Waals surface area contributed by atoms with Crippen molar-refractivity contribution < 1.29 is 14.1 Å². The molecule has 4 nitrogen and oxygen atoms in total. The highest BCUT2D eigenvalue weighted by atomic mass is 16.5. The molecule has 0 aromatic carbocycles. The second kappa shape index (κ2) is 13.7. The van der Waals surface area contributed by atoms with E-state index < -0.39 is 0 Å².